The van der Waals surface area contributed by atoms with Crippen molar-refractivity contribution in [2.45, 2.75) is 13.2 Å². The molecule has 20 heavy (non-hydrogen) atoms. The van der Waals surface area contributed by atoms with Crippen molar-refractivity contribution in [3.63, 3.8) is 0 Å². The third kappa shape index (κ3) is 5.47. The number of halogens is 2. The highest BCUT2D eigenvalue weighted by Crippen LogP contribution is 2.15. The fourth-order valence-electron chi connectivity index (χ4n) is 1.40. The summed E-state index contributed by atoms with van der Waals surface area (Å²) >= 11 is 0. The lowest BCUT2D eigenvalue weighted by molar-refractivity contribution is -0.132. The first-order valence-electron chi connectivity index (χ1n) is 5.58. The monoisotopic (exact) mass is 285 g/mol. The van der Waals surface area contributed by atoms with Gasteiger partial charge in [0, 0.05) is 25.7 Å². The first kappa shape index (κ1) is 15.6. The number of ether oxygens (including phenoxy) is 1. The highest BCUT2D eigenvalue weighted by atomic mass is 19.3. The van der Waals surface area contributed by atoms with Crippen molar-refractivity contribution < 1.29 is 28.2 Å². The van der Waals surface area contributed by atoms with E-state index in [2.05, 4.69) is 4.74 Å². The molecule has 1 aromatic rings. The Bertz CT molecular complexity index is 500. The Hall–Kier alpha value is -2.44. The molecule has 0 aliphatic heterocycles. The zero-order valence-electron chi connectivity index (χ0n) is 10.6. The van der Waals surface area contributed by atoms with Gasteiger partial charge in [0.2, 0.25) is 5.91 Å². The van der Waals surface area contributed by atoms with E-state index in [4.69, 9.17) is 5.11 Å². The largest absolute Gasteiger partial charge is 0.478 e. The van der Waals surface area contributed by atoms with Gasteiger partial charge in [-0.2, -0.15) is 8.78 Å². The van der Waals surface area contributed by atoms with Crippen LogP contribution in [0.1, 0.15) is 5.56 Å². The second-order valence-corrected chi connectivity index (χ2v) is 3.89. The van der Waals surface area contributed by atoms with Crippen LogP contribution in [0.2, 0.25) is 0 Å². The molecule has 0 saturated carbocycles. The van der Waals surface area contributed by atoms with E-state index < -0.39 is 18.5 Å². The Morgan fingerprint density at radius 2 is 1.90 bits per heavy atom. The molecule has 1 rings (SSSR count). The third-order valence-electron chi connectivity index (χ3n) is 2.31. The lowest BCUT2D eigenvalue weighted by Crippen LogP contribution is -2.24. The van der Waals surface area contributed by atoms with Crippen LogP contribution in [0.25, 0.3) is 0 Å². The predicted molar refractivity (Wildman–Crippen MR) is 66.3 cm³/mol. The van der Waals surface area contributed by atoms with E-state index >= 15 is 0 Å². The van der Waals surface area contributed by atoms with Crippen molar-refractivity contribution in [2.75, 3.05) is 7.05 Å². The maximum absolute atomic E-state index is 12.0. The van der Waals surface area contributed by atoms with Crippen LogP contribution in [0.3, 0.4) is 0 Å². The van der Waals surface area contributed by atoms with Crippen LogP contribution >= 0.6 is 0 Å². The molecule has 5 nitrogen and oxygen atoms in total. The summed E-state index contributed by atoms with van der Waals surface area (Å²) in [7, 11) is 1.50. The lowest BCUT2D eigenvalue weighted by Gasteiger charge is -2.15. The minimum Gasteiger partial charge on any atom is -0.478 e. The van der Waals surface area contributed by atoms with Gasteiger partial charge in [-0.25, -0.2) is 4.79 Å². The van der Waals surface area contributed by atoms with Gasteiger partial charge in [0.05, 0.1) is 0 Å². The van der Waals surface area contributed by atoms with Gasteiger partial charge >= 0.3 is 12.6 Å². The number of carboxylic acids is 1. The molecular formula is C13H13F2NO4. The smallest absolute Gasteiger partial charge is 0.387 e. The summed E-state index contributed by atoms with van der Waals surface area (Å²) < 4.78 is 28.1. The van der Waals surface area contributed by atoms with Crippen LogP contribution in [0.4, 0.5) is 8.78 Å². The maximum atomic E-state index is 12.0. The number of rotatable bonds is 6. The number of hydrogen-bond donors (Lipinski definition) is 1. The summed E-state index contributed by atoms with van der Waals surface area (Å²) in [6, 6.07) is 5.82. The molecule has 0 fully saturated rings. The number of alkyl halides is 2. The number of benzene rings is 1. The Kier molecular flexibility index (Phi) is 5.64. The van der Waals surface area contributed by atoms with Crippen molar-refractivity contribution in [1.82, 2.24) is 4.90 Å². The van der Waals surface area contributed by atoms with Gasteiger partial charge in [-0.3, -0.25) is 4.79 Å². The Balaban J connectivity index is 2.59. The quantitative estimate of drug-likeness (QED) is 0.810. The van der Waals surface area contributed by atoms with Crippen LogP contribution in [-0.4, -0.2) is 35.5 Å². The topological polar surface area (TPSA) is 66.8 Å². The van der Waals surface area contributed by atoms with Crippen LogP contribution in [0, 0.1) is 0 Å². The van der Waals surface area contributed by atoms with E-state index in [1.54, 1.807) is 12.1 Å². The van der Waals surface area contributed by atoms with Crippen LogP contribution in [0.5, 0.6) is 5.75 Å². The minimum absolute atomic E-state index is 0.0310. The molecule has 1 N–H and O–H groups in total. The molecule has 0 spiro atoms. The molecule has 0 bridgehead atoms. The Morgan fingerprint density at radius 1 is 1.30 bits per heavy atom. The van der Waals surface area contributed by atoms with Crippen molar-refractivity contribution in [3.8, 4) is 5.75 Å². The summed E-state index contributed by atoms with van der Waals surface area (Å²) in [4.78, 5) is 23.1. The molecule has 0 atom stereocenters. The molecule has 1 amide bonds. The first-order valence-corrected chi connectivity index (χ1v) is 5.58. The van der Waals surface area contributed by atoms with Crippen molar-refractivity contribution >= 4 is 11.9 Å². The minimum atomic E-state index is -2.88. The zero-order valence-corrected chi connectivity index (χ0v) is 10.6. The summed E-state index contributed by atoms with van der Waals surface area (Å²) in [5.41, 5.74) is 0.700. The lowest BCUT2D eigenvalue weighted by atomic mass is 10.2. The summed E-state index contributed by atoms with van der Waals surface area (Å²) in [5.74, 6) is -1.65. The van der Waals surface area contributed by atoms with Crippen LogP contribution in [-0.2, 0) is 16.1 Å². The summed E-state index contributed by atoms with van der Waals surface area (Å²) in [6.45, 7) is -2.66. The highest BCUT2D eigenvalue weighted by molar-refractivity contribution is 5.93. The van der Waals surface area contributed by atoms with Crippen molar-refractivity contribution in [3.05, 3.63) is 42.0 Å². The van der Waals surface area contributed by atoms with Gasteiger partial charge in [-0.1, -0.05) is 12.1 Å². The van der Waals surface area contributed by atoms with Gasteiger partial charge in [0.1, 0.15) is 5.75 Å². The normalized spacial score (nSPS) is 10.8. The van der Waals surface area contributed by atoms with E-state index in [0.29, 0.717) is 5.56 Å². The Labute approximate surface area is 114 Å². The average molecular weight is 285 g/mol. The molecule has 7 heteroatoms. The molecule has 0 radical (unpaired) electrons. The van der Waals surface area contributed by atoms with Gasteiger partial charge in [-0.05, 0) is 17.7 Å². The van der Waals surface area contributed by atoms with Gasteiger partial charge in [-0.15, -0.1) is 0 Å². The SMILES string of the molecule is CN(Cc1ccc(OC(F)F)cc1)C(=O)/C=C/C(=O)O. The summed E-state index contributed by atoms with van der Waals surface area (Å²) in [6.07, 6.45) is 1.69. The number of hydrogen-bond acceptors (Lipinski definition) is 3. The number of likely N-dealkylation sites (N-methyl/N-ethyl adjacent to an activating group) is 1. The van der Waals surface area contributed by atoms with E-state index in [1.807, 2.05) is 0 Å². The molecule has 0 unspecified atom stereocenters. The molecular weight excluding hydrogens is 272 g/mol. The number of aliphatic carboxylic acids is 1. The molecule has 0 aromatic heterocycles. The standard InChI is InChI=1S/C13H13F2NO4/c1-16(11(17)6-7-12(18)19)8-9-2-4-10(5-3-9)20-13(14)15/h2-7,13H,8H2,1H3,(H,18,19)/b7-6+. The number of carbonyl (C=O) groups excluding carboxylic acids is 1. The molecule has 108 valence electrons. The van der Waals surface area contributed by atoms with Crippen LogP contribution in [0.15, 0.2) is 36.4 Å². The summed E-state index contributed by atoms with van der Waals surface area (Å²) in [5, 5.41) is 8.40. The van der Waals surface area contributed by atoms with E-state index in [1.165, 1.54) is 24.1 Å². The van der Waals surface area contributed by atoms with E-state index in [9.17, 15) is 18.4 Å². The number of amides is 1. The van der Waals surface area contributed by atoms with E-state index in [0.717, 1.165) is 12.2 Å². The number of nitrogens with zero attached hydrogens (tertiary/aromatic N) is 1. The molecule has 0 saturated heterocycles. The Morgan fingerprint density at radius 3 is 2.40 bits per heavy atom. The van der Waals surface area contributed by atoms with Crippen molar-refractivity contribution in [1.29, 1.82) is 0 Å². The number of carbonyl (C=O) groups is 2. The molecule has 0 aliphatic carbocycles. The van der Waals surface area contributed by atoms with Gasteiger partial charge in [0.25, 0.3) is 0 Å². The molecule has 0 heterocycles. The van der Waals surface area contributed by atoms with Crippen molar-refractivity contribution in [2.24, 2.45) is 0 Å². The first-order chi connectivity index (χ1) is 9.38. The fraction of sp³-hybridized carbons (Fsp3) is 0.231. The molecule has 0 aliphatic rings. The van der Waals surface area contributed by atoms with Gasteiger partial charge < -0.3 is 14.7 Å². The second kappa shape index (κ2) is 7.22. The van der Waals surface area contributed by atoms with E-state index in [-0.39, 0.29) is 12.3 Å². The third-order valence-corrected chi connectivity index (χ3v) is 2.31. The second-order valence-electron chi connectivity index (χ2n) is 3.89. The fourth-order valence-corrected chi connectivity index (χ4v) is 1.40. The zero-order chi connectivity index (χ0) is 15.1. The predicted octanol–water partition coefficient (Wildman–Crippen LogP) is 1.89. The van der Waals surface area contributed by atoms with Gasteiger partial charge in [0.15, 0.2) is 0 Å². The molecule has 1 aromatic carbocycles. The number of carboxylic acid groups (broad SMARTS) is 1. The maximum Gasteiger partial charge on any atom is 0.387 e. The average Bonchev–Trinajstić information content (AvgIpc) is 2.37. The van der Waals surface area contributed by atoms with Crippen LogP contribution < -0.4 is 4.74 Å². The highest BCUT2D eigenvalue weighted by Gasteiger charge is 2.08.